The zero-order valence-electron chi connectivity index (χ0n) is 17.7. The number of nitrogens with zero attached hydrogens (tertiary/aromatic N) is 3. The van der Waals surface area contributed by atoms with Crippen molar-refractivity contribution in [1.82, 2.24) is 14.9 Å². The van der Waals surface area contributed by atoms with Gasteiger partial charge in [-0.2, -0.15) is 0 Å². The van der Waals surface area contributed by atoms with Gasteiger partial charge in [0.25, 0.3) is 5.91 Å². The Kier molecular flexibility index (Phi) is 7.58. The molecule has 1 saturated heterocycles. The van der Waals surface area contributed by atoms with Crippen molar-refractivity contribution in [2.24, 2.45) is 0 Å². The third-order valence-electron chi connectivity index (χ3n) is 5.42. The number of hydrogen-bond donors (Lipinski definition) is 2. The number of hydrogen-bond acceptors (Lipinski definition) is 5. The molecule has 0 bridgehead atoms. The van der Waals surface area contributed by atoms with Crippen LogP contribution >= 0.6 is 23.2 Å². The molecule has 1 amide bonds. The zero-order chi connectivity index (χ0) is 22.3. The van der Waals surface area contributed by atoms with E-state index in [1.54, 1.807) is 18.2 Å². The standard InChI is InChI=1S/C24H25Cl2N5O/c25-20-9-4-10-21(26)22(20)23(32)29-19-15-27-24(28-16-19)30-18-8-3-6-17(14-18)7-5-13-31-11-1-2-12-31/h3-4,6,8-10,14-16H,1-2,5,7,11-13H2,(H,29,32)(H,27,28,30). The number of anilines is 3. The zero-order valence-corrected chi connectivity index (χ0v) is 19.2. The minimum absolute atomic E-state index is 0.222. The smallest absolute Gasteiger partial charge is 0.258 e. The van der Waals surface area contributed by atoms with E-state index in [4.69, 9.17) is 23.2 Å². The molecular formula is C24H25Cl2N5O. The summed E-state index contributed by atoms with van der Waals surface area (Å²) in [6.07, 6.45) is 7.94. The van der Waals surface area contributed by atoms with Crippen molar-refractivity contribution in [3.63, 3.8) is 0 Å². The molecule has 0 atom stereocenters. The highest BCUT2D eigenvalue weighted by Crippen LogP contribution is 2.25. The number of carbonyl (C=O) groups excluding carboxylic acids is 1. The fourth-order valence-electron chi connectivity index (χ4n) is 3.81. The summed E-state index contributed by atoms with van der Waals surface area (Å²) in [5.74, 6) is 0.0412. The molecule has 0 saturated carbocycles. The summed E-state index contributed by atoms with van der Waals surface area (Å²) in [6.45, 7) is 3.63. The Balaban J connectivity index is 1.33. The van der Waals surface area contributed by atoms with E-state index in [1.165, 1.54) is 43.9 Å². The van der Waals surface area contributed by atoms with Crippen LogP contribution in [-0.2, 0) is 6.42 Å². The molecule has 6 nitrogen and oxygen atoms in total. The average Bonchev–Trinajstić information content (AvgIpc) is 3.29. The fraction of sp³-hybridized carbons (Fsp3) is 0.292. The summed E-state index contributed by atoms with van der Waals surface area (Å²) >= 11 is 12.2. The number of amides is 1. The lowest BCUT2D eigenvalue weighted by Gasteiger charge is -2.14. The molecule has 0 spiro atoms. The number of aromatic nitrogens is 2. The number of nitrogens with one attached hydrogen (secondary N) is 2. The summed E-state index contributed by atoms with van der Waals surface area (Å²) < 4.78 is 0. The van der Waals surface area contributed by atoms with Gasteiger partial charge in [-0.3, -0.25) is 4.79 Å². The molecular weight excluding hydrogens is 445 g/mol. The van der Waals surface area contributed by atoms with Crippen LogP contribution in [0.3, 0.4) is 0 Å². The number of benzene rings is 2. The third kappa shape index (κ3) is 5.97. The van der Waals surface area contributed by atoms with Gasteiger partial charge in [0.15, 0.2) is 0 Å². The molecule has 3 aromatic rings. The average molecular weight is 470 g/mol. The van der Waals surface area contributed by atoms with E-state index in [1.807, 2.05) is 12.1 Å². The molecule has 1 aliphatic heterocycles. The van der Waals surface area contributed by atoms with Crippen molar-refractivity contribution >= 4 is 46.4 Å². The molecule has 166 valence electrons. The highest BCUT2D eigenvalue weighted by atomic mass is 35.5. The Morgan fingerprint density at radius 3 is 2.38 bits per heavy atom. The van der Waals surface area contributed by atoms with Gasteiger partial charge in [0.2, 0.25) is 5.95 Å². The Bertz CT molecular complexity index is 1050. The number of carbonyl (C=O) groups is 1. The van der Waals surface area contributed by atoms with Crippen LogP contribution < -0.4 is 10.6 Å². The van der Waals surface area contributed by atoms with Gasteiger partial charge in [-0.15, -0.1) is 0 Å². The topological polar surface area (TPSA) is 70.2 Å². The van der Waals surface area contributed by atoms with Gasteiger partial charge in [0.05, 0.1) is 33.7 Å². The Morgan fingerprint density at radius 1 is 0.969 bits per heavy atom. The second-order valence-corrected chi connectivity index (χ2v) is 8.64. The molecule has 1 aromatic heterocycles. The monoisotopic (exact) mass is 469 g/mol. The van der Waals surface area contributed by atoms with Crippen LogP contribution in [0.2, 0.25) is 10.0 Å². The maximum absolute atomic E-state index is 12.5. The second kappa shape index (κ2) is 10.8. The maximum atomic E-state index is 12.5. The molecule has 0 aliphatic carbocycles. The van der Waals surface area contributed by atoms with Gasteiger partial charge in [0, 0.05) is 5.69 Å². The summed E-state index contributed by atoms with van der Waals surface area (Å²) in [5, 5.41) is 6.51. The first-order valence-corrected chi connectivity index (χ1v) is 11.5. The number of likely N-dealkylation sites (tertiary alicyclic amines) is 1. The van der Waals surface area contributed by atoms with Crippen LogP contribution in [0.5, 0.6) is 0 Å². The highest BCUT2D eigenvalue weighted by Gasteiger charge is 2.15. The highest BCUT2D eigenvalue weighted by molar-refractivity contribution is 6.40. The van der Waals surface area contributed by atoms with Gasteiger partial charge in [-0.1, -0.05) is 41.4 Å². The molecule has 2 heterocycles. The molecule has 8 heteroatoms. The molecule has 0 radical (unpaired) electrons. The van der Waals surface area contributed by atoms with E-state index in [9.17, 15) is 4.79 Å². The molecule has 1 fully saturated rings. The van der Waals surface area contributed by atoms with Gasteiger partial charge >= 0.3 is 0 Å². The normalized spacial score (nSPS) is 13.8. The van der Waals surface area contributed by atoms with Gasteiger partial charge in [-0.05, 0) is 75.1 Å². The first-order valence-electron chi connectivity index (χ1n) is 10.7. The Labute approximate surface area is 198 Å². The largest absolute Gasteiger partial charge is 0.324 e. The summed E-state index contributed by atoms with van der Waals surface area (Å²) in [7, 11) is 0. The van der Waals surface area contributed by atoms with Crippen molar-refractivity contribution in [3.8, 4) is 0 Å². The number of rotatable bonds is 8. The lowest BCUT2D eigenvalue weighted by Crippen LogP contribution is -2.20. The Morgan fingerprint density at radius 2 is 1.66 bits per heavy atom. The summed E-state index contributed by atoms with van der Waals surface area (Å²) in [4.78, 5) is 23.6. The maximum Gasteiger partial charge on any atom is 0.258 e. The van der Waals surface area contributed by atoms with E-state index in [2.05, 4.69) is 37.6 Å². The summed E-state index contributed by atoms with van der Waals surface area (Å²) in [6, 6.07) is 13.2. The predicted octanol–water partition coefficient (Wildman–Crippen LogP) is 5.81. The third-order valence-corrected chi connectivity index (χ3v) is 6.05. The van der Waals surface area contributed by atoms with E-state index < -0.39 is 5.91 Å². The second-order valence-electron chi connectivity index (χ2n) is 7.82. The van der Waals surface area contributed by atoms with Gasteiger partial charge < -0.3 is 15.5 Å². The lowest BCUT2D eigenvalue weighted by molar-refractivity contribution is 0.102. The van der Waals surface area contributed by atoms with E-state index in [0.29, 0.717) is 11.6 Å². The molecule has 2 aromatic carbocycles. The van der Waals surface area contributed by atoms with Crippen molar-refractivity contribution in [1.29, 1.82) is 0 Å². The van der Waals surface area contributed by atoms with Crippen LogP contribution in [0.15, 0.2) is 54.9 Å². The van der Waals surface area contributed by atoms with Crippen molar-refractivity contribution in [2.75, 3.05) is 30.3 Å². The molecule has 4 rings (SSSR count). The van der Waals surface area contributed by atoms with Crippen LogP contribution in [0.25, 0.3) is 0 Å². The van der Waals surface area contributed by atoms with E-state index >= 15 is 0 Å². The van der Waals surface area contributed by atoms with Crippen LogP contribution in [-0.4, -0.2) is 40.4 Å². The van der Waals surface area contributed by atoms with Crippen LogP contribution in [0, 0.1) is 0 Å². The molecule has 32 heavy (non-hydrogen) atoms. The minimum Gasteiger partial charge on any atom is -0.324 e. The SMILES string of the molecule is O=C(Nc1cnc(Nc2cccc(CCCN3CCCC3)c2)nc1)c1c(Cl)cccc1Cl. The Hall–Kier alpha value is -2.67. The quantitative estimate of drug-likeness (QED) is 0.435. The number of aryl methyl sites for hydroxylation is 1. The van der Waals surface area contributed by atoms with Gasteiger partial charge in [0.1, 0.15) is 0 Å². The first kappa shape index (κ1) is 22.5. The lowest BCUT2D eigenvalue weighted by atomic mass is 10.1. The summed E-state index contributed by atoms with van der Waals surface area (Å²) in [5.41, 5.74) is 2.89. The van der Waals surface area contributed by atoms with Crippen LogP contribution in [0.1, 0.15) is 35.2 Å². The fourth-order valence-corrected chi connectivity index (χ4v) is 4.38. The van der Waals surface area contributed by atoms with Crippen molar-refractivity contribution < 1.29 is 4.79 Å². The van der Waals surface area contributed by atoms with E-state index in [-0.39, 0.29) is 15.6 Å². The molecule has 0 unspecified atom stereocenters. The van der Waals surface area contributed by atoms with Crippen LogP contribution in [0.4, 0.5) is 17.3 Å². The van der Waals surface area contributed by atoms with Crippen molar-refractivity contribution in [2.45, 2.75) is 25.7 Å². The van der Waals surface area contributed by atoms with Crippen molar-refractivity contribution in [3.05, 3.63) is 76.0 Å². The number of halogens is 2. The first-order chi connectivity index (χ1) is 15.6. The van der Waals surface area contributed by atoms with Gasteiger partial charge in [-0.25, -0.2) is 9.97 Å². The minimum atomic E-state index is -0.411. The predicted molar refractivity (Wildman–Crippen MR) is 130 cm³/mol. The van der Waals surface area contributed by atoms with E-state index in [0.717, 1.165) is 25.1 Å². The molecule has 2 N–H and O–H groups in total. The molecule has 1 aliphatic rings.